The number of pyridine rings is 1. The number of alkyl halides is 1. The number of anilines is 1. The number of aromatic nitrogens is 1. The van der Waals surface area contributed by atoms with Crippen molar-refractivity contribution in [3.05, 3.63) is 23.9 Å². The SMILES string of the molecule is Cc1cccnc1NC(C)C(C)CBr. The van der Waals surface area contributed by atoms with E-state index >= 15 is 0 Å². The summed E-state index contributed by atoms with van der Waals surface area (Å²) in [5.41, 5.74) is 1.20. The second-order valence-electron chi connectivity index (χ2n) is 3.73. The van der Waals surface area contributed by atoms with Crippen molar-refractivity contribution in [3.8, 4) is 0 Å². The second kappa shape index (κ2) is 5.35. The van der Waals surface area contributed by atoms with Crippen LogP contribution in [0.5, 0.6) is 0 Å². The zero-order valence-corrected chi connectivity index (χ0v) is 10.5. The van der Waals surface area contributed by atoms with Crippen LogP contribution in [-0.4, -0.2) is 16.4 Å². The van der Waals surface area contributed by atoms with Gasteiger partial charge in [-0.15, -0.1) is 0 Å². The van der Waals surface area contributed by atoms with Gasteiger partial charge in [-0.25, -0.2) is 4.98 Å². The molecule has 1 aromatic rings. The molecular formula is C11H17BrN2. The Labute approximate surface area is 94.3 Å². The van der Waals surface area contributed by atoms with Crippen LogP contribution in [0.25, 0.3) is 0 Å². The third-order valence-corrected chi connectivity index (χ3v) is 3.49. The lowest BCUT2D eigenvalue weighted by molar-refractivity contribution is 0.570. The summed E-state index contributed by atoms with van der Waals surface area (Å²) in [5, 5.41) is 4.43. The van der Waals surface area contributed by atoms with Gasteiger partial charge < -0.3 is 5.32 Å². The van der Waals surface area contributed by atoms with Gasteiger partial charge in [-0.3, -0.25) is 0 Å². The van der Waals surface area contributed by atoms with Gasteiger partial charge in [-0.05, 0) is 31.4 Å². The standard InChI is InChI=1S/C11H17BrN2/c1-8-5-4-6-13-11(8)14-10(3)9(2)7-12/h4-6,9-10H,7H2,1-3H3,(H,13,14). The van der Waals surface area contributed by atoms with Crippen LogP contribution in [0.1, 0.15) is 19.4 Å². The van der Waals surface area contributed by atoms with Crippen LogP contribution in [0.3, 0.4) is 0 Å². The minimum absolute atomic E-state index is 0.433. The number of nitrogens with zero attached hydrogens (tertiary/aromatic N) is 1. The highest BCUT2D eigenvalue weighted by Crippen LogP contribution is 2.15. The smallest absolute Gasteiger partial charge is 0.129 e. The Bertz CT molecular complexity index is 288. The topological polar surface area (TPSA) is 24.9 Å². The van der Waals surface area contributed by atoms with E-state index in [-0.39, 0.29) is 0 Å². The molecule has 0 aromatic carbocycles. The molecule has 0 saturated heterocycles. The third kappa shape index (κ3) is 2.98. The van der Waals surface area contributed by atoms with Crippen LogP contribution >= 0.6 is 15.9 Å². The van der Waals surface area contributed by atoms with Gasteiger partial charge in [0.15, 0.2) is 0 Å². The summed E-state index contributed by atoms with van der Waals surface area (Å²) in [6.07, 6.45) is 1.82. The summed E-state index contributed by atoms with van der Waals surface area (Å²) in [4.78, 5) is 4.31. The van der Waals surface area contributed by atoms with Crippen LogP contribution in [0.2, 0.25) is 0 Å². The minimum atomic E-state index is 0.433. The van der Waals surface area contributed by atoms with Crippen molar-refractivity contribution in [2.45, 2.75) is 26.8 Å². The Morgan fingerprint density at radius 2 is 2.21 bits per heavy atom. The van der Waals surface area contributed by atoms with Crippen LogP contribution in [-0.2, 0) is 0 Å². The first-order chi connectivity index (χ1) is 6.65. The molecule has 0 aliphatic heterocycles. The number of nitrogens with one attached hydrogen (secondary N) is 1. The highest BCUT2D eigenvalue weighted by molar-refractivity contribution is 9.09. The molecule has 78 valence electrons. The van der Waals surface area contributed by atoms with Crippen molar-refractivity contribution in [2.24, 2.45) is 5.92 Å². The predicted octanol–water partition coefficient (Wildman–Crippen LogP) is 3.22. The Morgan fingerprint density at radius 3 is 2.79 bits per heavy atom. The maximum atomic E-state index is 4.31. The van der Waals surface area contributed by atoms with Crippen molar-refractivity contribution in [1.82, 2.24) is 4.98 Å². The fraction of sp³-hybridized carbons (Fsp3) is 0.545. The van der Waals surface area contributed by atoms with E-state index in [9.17, 15) is 0 Å². The van der Waals surface area contributed by atoms with E-state index in [1.807, 2.05) is 12.3 Å². The molecule has 0 aliphatic carbocycles. The van der Waals surface area contributed by atoms with Crippen LogP contribution in [0.4, 0.5) is 5.82 Å². The Balaban J connectivity index is 2.64. The Hall–Kier alpha value is -0.570. The fourth-order valence-corrected chi connectivity index (χ4v) is 1.69. The van der Waals surface area contributed by atoms with E-state index in [4.69, 9.17) is 0 Å². The lowest BCUT2D eigenvalue weighted by Gasteiger charge is -2.20. The van der Waals surface area contributed by atoms with Crippen LogP contribution in [0, 0.1) is 12.8 Å². The molecule has 14 heavy (non-hydrogen) atoms. The molecule has 2 unspecified atom stereocenters. The minimum Gasteiger partial charge on any atom is -0.367 e. The molecule has 0 fully saturated rings. The van der Waals surface area contributed by atoms with Crippen molar-refractivity contribution in [2.75, 3.05) is 10.6 Å². The first-order valence-corrected chi connectivity index (χ1v) is 6.01. The molecule has 0 bridgehead atoms. The Kier molecular flexibility index (Phi) is 4.39. The fourth-order valence-electron chi connectivity index (χ4n) is 1.13. The lowest BCUT2D eigenvalue weighted by Crippen LogP contribution is -2.25. The van der Waals surface area contributed by atoms with E-state index in [0.29, 0.717) is 12.0 Å². The van der Waals surface area contributed by atoms with Gasteiger partial charge in [-0.1, -0.05) is 28.9 Å². The normalized spacial score (nSPS) is 14.9. The van der Waals surface area contributed by atoms with Crippen LogP contribution in [0.15, 0.2) is 18.3 Å². The number of aryl methyl sites for hydroxylation is 1. The van der Waals surface area contributed by atoms with Crippen molar-refractivity contribution >= 4 is 21.7 Å². The zero-order valence-electron chi connectivity index (χ0n) is 8.92. The molecule has 1 heterocycles. The van der Waals surface area contributed by atoms with Gasteiger partial charge in [0.05, 0.1) is 0 Å². The van der Waals surface area contributed by atoms with Gasteiger partial charge in [0.2, 0.25) is 0 Å². The zero-order chi connectivity index (χ0) is 10.6. The van der Waals surface area contributed by atoms with Crippen molar-refractivity contribution in [1.29, 1.82) is 0 Å². The molecule has 1 aromatic heterocycles. The van der Waals surface area contributed by atoms with Gasteiger partial charge in [-0.2, -0.15) is 0 Å². The third-order valence-electron chi connectivity index (χ3n) is 2.47. The first-order valence-electron chi connectivity index (χ1n) is 4.89. The first kappa shape index (κ1) is 11.5. The summed E-state index contributed by atoms with van der Waals surface area (Å²) < 4.78 is 0. The summed E-state index contributed by atoms with van der Waals surface area (Å²) in [5.74, 6) is 1.59. The molecule has 3 heteroatoms. The largest absolute Gasteiger partial charge is 0.367 e. The predicted molar refractivity (Wildman–Crippen MR) is 65.0 cm³/mol. The van der Waals surface area contributed by atoms with Gasteiger partial charge in [0.1, 0.15) is 5.82 Å². The van der Waals surface area contributed by atoms with Gasteiger partial charge in [0, 0.05) is 17.6 Å². The average Bonchev–Trinajstić information content (AvgIpc) is 2.20. The molecule has 0 amide bonds. The lowest BCUT2D eigenvalue weighted by atomic mass is 10.1. The van der Waals surface area contributed by atoms with E-state index in [2.05, 4.69) is 53.1 Å². The van der Waals surface area contributed by atoms with E-state index < -0.39 is 0 Å². The molecule has 2 atom stereocenters. The maximum Gasteiger partial charge on any atom is 0.129 e. The molecule has 2 nitrogen and oxygen atoms in total. The summed E-state index contributed by atoms with van der Waals surface area (Å²) in [6, 6.07) is 4.46. The van der Waals surface area contributed by atoms with Gasteiger partial charge in [0.25, 0.3) is 0 Å². The van der Waals surface area contributed by atoms with Crippen LogP contribution < -0.4 is 5.32 Å². The molecule has 0 aliphatic rings. The molecule has 1 N–H and O–H groups in total. The number of rotatable bonds is 4. The maximum absolute atomic E-state index is 4.31. The molecule has 1 rings (SSSR count). The molecule has 0 spiro atoms. The molecule has 0 saturated carbocycles. The van der Waals surface area contributed by atoms with Crippen molar-refractivity contribution < 1.29 is 0 Å². The highest BCUT2D eigenvalue weighted by Gasteiger charge is 2.11. The van der Waals surface area contributed by atoms with E-state index in [1.54, 1.807) is 0 Å². The average molecular weight is 257 g/mol. The summed E-state index contributed by atoms with van der Waals surface area (Å²) in [6.45, 7) is 6.46. The van der Waals surface area contributed by atoms with E-state index in [0.717, 1.165) is 11.1 Å². The molecular weight excluding hydrogens is 240 g/mol. The van der Waals surface area contributed by atoms with Gasteiger partial charge >= 0.3 is 0 Å². The second-order valence-corrected chi connectivity index (χ2v) is 4.38. The van der Waals surface area contributed by atoms with Crippen molar-refractivity contribution in [3.63, 3.8) is 0 Å². The monoisotopic (exact) mass is 256 g/mol. The van der Waals surface area contributed by atoms with E-state index in [1.165, 1.54) is 5.56 Å². The quantitative estimate of drug-likeness (QED) is 0.838. The molecule has 0 radical (unpaired) electrons. The summed E-state index contributed by atoms with van der Waals surface area (Å²) in [7, 11) is 0. The summed E-state index contributed by atoms with van der Waals surface area (Å²) >= 11 is 3.49. The number of hydrogen-bond donors (Lipinski definition) is 1. The number of hydrogen-bond acceptors (Lipinski definition) is 2. The highest BCUT2D eigenvalue weighted by atomic mass is 79.9. The number of halogens is 1. The Morgan fingerprint density at radius 1 is 1.50 bits per heavy atom.